The molecule has 0 aromatic carbocycles. The van der Waals surface area contributed by atoms with E-state index < -0.39 is 10.1 Å². The van der Waals surface area contributed by atoms with Gasteiger partial charge in [-0.15, -0.1) is 0 Å². The lowest BCUT2D eigenvalue weighted by Gasteiger charge is -2.29. The van der Waals surface area contributed by atoms with E-state index in [0.29, 0.717) is 18.6 Å². The molecule has 0 amide bonds. The lowest BCUT2D eigenvalue weighted by atomic mass is 10.2. The minimum atomic E-state index is -3.85. The molecule has 22 heavy (non-hydrogen) atoms. The number of nitrogens with zero attached hydrogens (tertiary/aromatic N) is 1. The van der Waals surface area contributed by atoms with Gasteiger partial charge in [0.05, 0.1) is 39.5 Å². The molecule has 0 unspecified atom stereocenters. The molecule has 0 radical (unpaired) electrons. The van der Waals surface area contributed by atoms with Crippen LogP contribution in [0.15, 0.2) is 12.2 Å². The summed E-state index contributed by atoms with van der Waals surface area (Å²) in [5.41, 5.74) is 0.420. The first-order valence-corrected chi connectivity index (χ1v) is 9.24. The van der Waals surface area contributed by atoms with E-state index >= 15 is 0 Å². The highest BCUT2D eigenvalue weighted by Crippen LogP contribution is 2.07. The number of carbonyl (C=O) groups is 1. The first kappa shape index (κ1) is 21.1. The van der Waals surface area contributed by atoms with E-state index in [1.54, 1.807) is 6.92 Å². The minimum absolute atomic E-state index is 0.178. The molecule has 0 aliphatic heterocycles. The van der Waals surface area contributed by atoms with Crippen LogP contribution in [0.5, 0.6) is 0 Å². The Hall–Kier alpha value is -0.920. The fourth-order valence-corrected chi connectivity index (χ4v) is 2.56. The van der Waals surface area contributed by atoms with E-state index in [0.717, 1.165) is 43.3 Å². The molecule has 1 N–H and O–H groups in total. The first-order valence-electron chi connectivity index (χ1n) is 7.63. The molecule has 0 saturated carbocycles. The third kappa shape index (κ3) is 12.8. The number of hydrogen-bond donors (Lipinski definition) is 1. The summed E-state index contributed by atoms with van der Waals surface area (Å²) < 4.78 is 35.8. The molecular formula is C15H30NO5S+. The van der Waals surface area contributed by atoms with E-state index in [-0.39, 0.29) is 11.7 Å². The molecule has 0 aliphatic carbocycles. The minimum Gasteiger partial charge on any atom is -0.462 e. The fraction of sp³-hybridized carbons (Fsp3) is 0.800. The number of carbonyl (C=O) groups excluding carboxylic acids is 1. The Morgan fingerprint density at radius 3 is 2.18 bits per heavy atom. The molecule has 7 heteroatoms. The summed E-state index contributed by atoms with van der Waals surface area (Å²) in [5, 5.41) is 0. The van der Waals surface area contributed by atoms with Crippen molar-refractivity contribution in [1.29, 1.82) is 0 Å². The summed E-state index contributed by atoms with van der Waals surface area (Å²) >= 11 is 0. The first-order chi connectivity index (χ1) is 10.0. The van der Waals surface area contributed by atoms with Crippen molar-refractivity contribution in [3.8, 4) is 0 Å². The summed E-state index contributed by atoms with van der Waals surface area (Å²) in [6.45, 7) is 7.25. The van der Waals surface area contributed by atoms with Crippen LogP contribution in [-0.4, -0.2) is 63.0 Å². The number of esters is 1. The van der Waals surface area contributed by atoms with Crippen molar-refractivity contribution in [2.75, 3.05) is 39.5 Å². The van der Waals surface area contributed by atoms with Gasteiger partial charge in [0.2, 0.25) is 0 Å². The van der Waals surface area contributed by atoms with Crippen molar-refractivity contribution in [3.63, 3.8) is 0 Å². The molecule has 0 spiro atoms. The van der Waals surface area contributed by atoms with Gasteiger partial charge in [0.1, 0.15) is 0 Å². The third-order valence-corrected chi connectivity index (χ3v) is 4.21. The maximum Gasteiger partial charge on any atom is 0.333 e. The highest BCUT2D eigenvalue weighted by Gasteiger charge is 2.16. The molecule has 0 rings (SSSR count). The largest absolute Gasteiger partial charge is 0.462 e. The van der Waals surface area contributed by atoms with Crippen LogP contribution in [0, 0.1) is 0 Å². The van der Waals surface area contributed by atoms with E-state index in [1.165, 1.54) is 0 Å². The molecule has 130 valence electrons. The zero-order chi connectivity index (χ0) is 17.2. The van der Waals surface area contributed by atoms with Gasteiger partial charge in [0, 0.05) is 12.0 Å². The lowest BCUT2D eigenvalue weighted by molar-refractivity contribution is -0.890. The second kappa shape index (κ2) is 9.97. The maximum atomic E-state index is 11.1. The van der Waals surface area contributed by atoms with Crippen LogP contribution >= 0.6 is 0 Å². The zero-order valence-electron chi connectivity index (χ0n) is 14.0. The van der Waals surface area contributed by atoms with Gasteiger partial charge in [-0.05, 0) is 32.6 Å². The molecule has 0 aliphatic rings. The molecule has 0 bridgehead atoms. The molecule has 0 aromatic heterocycles. The topological polar surface area (TPSA) is 80.7 Å². The summed E-state index contributed by atoms with van der Waals surface area (Å²) in [5.74, 6) is -0.514. The van der Waals surface area contributed by atoms with Gasteiger partial charge in [-0.25, -0.2) is 4.79 Å². The Bertz CT molecular complexity index is 457. The van der Waals surface area contributed by atoms with Crippen LogP contribution in [-0.2, 0) is 19.6 Å². The normalized spacial score (nSPS) is 12.2. The second-order valence-corrected chi connectivity index (χ2v) is 7.93. The molecule has 0 atom stereocenters. The second-order valence-electron chi connectivity index (χ2n) is 6.35. The van der Waals surface area contributed by atoms with Crippen LogP contribution in [0.25, 0.3) is 0 Å². The number of rotatable bonds is 12. The number of hydrogen-bond acceptors (Lipinski definition) is 4. The average molecular weight is 336 g/mol. The van der Waals surface area contributed by atoms with Gasteiger partial charge in [-0.2, -0.15) is 8.42 Å². The van der Waals surface area contributed by atoms with Crippen molar-refractivity contribution < 1.29 is 27.0 Å². The smallest absolute Gasteiger partial charge is 0.333 e. The van der Waals surface area contributed by atoms with Gasteiger partial charge in [-0.1, -0.05) is 6.58 Å². The maximum absolute atomic E-state index is 11.1. The molecule has 6 nitrogen and oxygen atoms in total. The van der Waals surface area contributed by atoms with Gasteiger partial charge in [0.15, 0.2) is 0 Å². The zero-order valence-corrected chi connectivity index (χ0v) is 14.8. The van der Waals surface area contributed by atoms with Crippen molar-refractivity contribution in [3.05, 3.63) is 12.2 Å². The molecular weight excluding hydrogens is 306 g/mol. The summed E-state index contributed by atoms with van der Waals surface area (Å²) in [4.78, 5) is 11.1. The molecule has 0 heterocycles. The van der Waals surface area contributed by atoms with Gasteiger partial charge < -0.3 is 9.22 Å². The van der Waals surface area contributed by atoms with Gasteiger partial charge >= 0.3 is 5.97 Å². The number of unbranched alkanes of at least 4 members (excludes halogenated alkanes) is 3. The number of ether oxygens (including phenoxy) is 1. The van der Waals surface area contributed by atoms with E-state index in [1.807, 2.05) is 0 Å². The van der Waals surface area contributed by atoms with Crippen LogP contribution in [0.4, 0.5) is 0 Å². The SMILES string of the molecule is C=C(C)C(=O)OCCCCCC[N+](C)(C)CCCS(=O)(=O)O. The lowest BCUT2D eigenvalue weighted by Crippen LogP contribution is -2.41. The van der Waals surface area contributed by atoms with Crippen molar-refractivity contribution in [1.82, 2.24) is 0 Å². The van der Waals surface area contributed by atoms with Crippen LogP contribution in [0.3, 0.4) is 0 Å². The van der Waals surface area contributed by atoms with Gasteiger partial charge in [0.25, 0.3) is 10.1 Å². The highest BCUT2D eigenvalue weighted by atomic mass is 32.2. The van der Waals surface area contributed by atoms with Crippen LogP contribution in [0.1, 0.15) is 39.0 Å². The Morgan fingerprint density at radius 2 is 1.64 bits per heavy atom. The van der Waals surface area contributed by atoms with Crippen LogP contribution < -0.4 is 0 Å². The highest BCUT2D eigenvalue weighted by molar-refractivity contribution is 7.85. The Kier molecular flexibility index (Phi) is 9.55. The standard InChI is InChI=1S/C15H29NO5S/c1-14(2)15(17)21-12-8-6-5-7-10-16(3,4)11-9-13-22(18,19)20/h1,5-13H2,2-4H3/p+1. The predicted molar refractivity (Wildman–Crippen MR) is 87.1 cm³/mol. The Labute approximate surface area is 134 Å². The summed E-state index contributed by atoms with van der Waals surface area (Å²) in [7, 11) is 0.256. The number of quaternary nitrogens is 1. The average Bonchev–Trinajstić information content (AvgIpc) is 2.35. The van der Waals surface area contributed by atoms with Crippen LogP contribution in [0.2, 0.25) is 0 Å². The van der Waals surface area contributed by atoms with E-state index in [9.17, 15) is 13.2 Å². The summed E-state index contributed by atoms with van der Waals surface area (Å²) in [6.07, 6.45) is 4.38. The van der Waals surface area contributed by atoms with E-state index in [4.69, 9.17) is 9.29 Å². The quantitative estimate of drug-likeness (QED) is 0.194. The third-order valence-electron chi connectivity index (χ3n) is 3.41. The Morgan fingerprint density at radius 1 is 1.09 bits per heavy atom. The van der Waals surface area contributed by atoms with Crippen molar-refractivity contribution in [2.24, 2.45) is 0 Å². The van der Waals surface area contributed by atoms with E-state index in [2.05, 4.69) is 20.7 Å². The molecule has 0 fully saturated rings. The van der Waals surface area contributed by atoms with Crippen molar-refractivity contribution in [2.45, 2.75) is 39.0 Å². The Balaban J connectivity index is 3.64. The van der Waals surface area contributed by atoms with Crippen molar-refractivity contribution >= 4 is 16.1 Å². The molecule has 0 saturated heterocycles. The van der Waals surface area contributed by atoms with Gasteiger partial charge in [-0.3, -0.25) is 4.55 Å². The monoisotopic (exact) mass is 336 g/mol. The predicted octanol–water partition coefficient (Wildman–Crippen LogP) is 2.02. The molecule has 0 aromatic rings. The summed E-state index contributed by atoms with van der Waals surface area (Å²) in [6, 6.07) is 0. The fourth-order valence-electron chi connectivity index (χ4n) is 2.07.